The van der Waals surface area contributed by atoms with E-state index in [2.05, 4.69) is 14.6 Å². The molecule has 336 valence electrons. The Labute approximate surface area is 383 Å². The van der Waals surface area contributed by atoms with E-state index in [1.165, 1.54) is 12.3 Å². The Hall–Kier alpha value is -8.18. The minimum Gasteiger partial charge on any atom is -0.457 e. The lowest BCUT2D eigenvalue weighted by atomic mass is 10.1. The van der Waals surface area contributed by atoms with Gasteiger partial charge in [-0.2, -0.15) is 15.5 Å². The molecule has 6 aromatic rings. The molecule has 2 amide bonds. The van der Waals surface area contributed by atoms with E-state index in [4.69, 9.17) is 54.4 Å². The van der Waals surface area contributed by atoms with E-state index in [1.807, 2.05) is 127 Å². The molecule has 8 rings (SSSR count). The summed E-state index contributed by atoms with van der Waals surface area (Å²) in [6.45, 7) is 11.6. The number of nitrogens with zero attached hydrogens (tertiary/aromatic N) is 8. The number of carbonyl (C=O) groups excluding carboxylic acids is 2. The smallest absolute Gasteiger partial charge is 0.254 e. The fourth-order valence-corrected chi connectivity index (χ4v) is 8.25. The molecule has 2 saturated heterocycles. The van der Waals surface area contributed by atoms with Gasteiger partial charge in [-0.15, -0.1) is 0 Å². The predicted molar refractivity (Wildman–Crippen MR) is 254 cm³/mol. The van der Waals surface area contributed by atoms with Crippen LogP contribution in [0.25, 0.3) is 27.4 Å². The molecule has 66 heavy (non-hydrogen) atoms. The summed E-state index contributed by atoms with van der Waals surface area (Å²) in [4.78, 5) is 32.3. The zero-order valence-corrected chi connectivity index (χ0v) is 36.4. The lowest BCUT2D eigenvalue weighted by Crippen LogP contribution is -2.37. The van der Waals surface area contributed by atoms with Gasteiger partial charge >= 0.3 is 0 Å². The van der Waals surface area contributed by atoms with Crippen molar-refractivity contribution in [1.82, 2.24) is 29.4 Å². The third-order valence-electron chi connectivity index (χ3n) is 11.4. The number of nitrogens with two attached hydrogens (primary N) is 4. The molecular weight excluding hydrogens is 833 g/mol. The van der Waals surface area contributed by atoms with Crippen molar-refractivity contribution in [2.24, 2.45) is 11.5 Å². The molecular formula is C50H52N12O4. The van der Waals surface area contributed by atoms with Crippen molar-refractivity contribution in [1.29, 1.82) is 5.26 Å². The summed E-state index contributed by atoms with van der Waals surface area (Å²) in [6.07, 6.45) is 10.4. The first kappa shape index (κ1) is 45.8. The van der Waals surface area contributed by atoms with E-state index in [9.17, 15) is 9.59 Å². The number of piperidine rings is 2. The fourth-order valence-electron chi connectivity index (χ4n) is 8.25. The number of primary amides is 2. The average molecular weight is 885 g/mol. The van der Waals surface area contributed by atoms with Crippen LogP contribution in [0.1, 0.15) is 58.5 Å². The lowest BCUT2D eigenvalue weighted by molar-refractivity contribution is 0.0993. The van der Waals surface area contributed by atoms with Gasteiger partial charge in [0, 0.05) is 43.4 Å². The first-order valence-electron chi connectivity index (χ1n) is 21.7. The molecule has 2 aromatic heterocycles. The van der Waals surface area contributed by atoms with Crippen molar-refractivity contribution in [3.63, 3.8) is 0 Å². The van der Waals surface area contributed by atoms with Crippen molar-refractivity contribution in [3.05, 3.63) is 156 Å². The second kappa shape index (κ2) is 21.9. The average Bonchev–Trinajstić information content (AvgIpc) is 3.87. The van der Waals surface area contributed by atoms with Gasteiger partial charge in [0.25, 0.3) is 11.8 Å². The molecule has 0 saturated carbocycles. The molecule has 2 aliphatic heterocycles. The summed E-state index contributed by atoms with van der Waals surface area (Å²) in [6, 6.07) is 35.7. The topological polar surface area (TPSA) is 227 Å². The standard InChI is InChI=1S/2C25H26N6O2/c1-28-14-6-16-30-15-5-7-19(17-30)31-24(26)22(25(27)32)23(29-31)18-10-12-21(13-11-18)33-20-8-3-2-4-9-20;26-14-4-5-15-30-16-6-7-19(17-30)31-24(27)22(25(28)32)23(29-31)18-10-12-21(13-11-18)33-20-8-2-1-3-9-20/h2-4,6,8-14,19H,5,7,15-17,26H2,(H2,27,32);1-5,8-13,19H,6-7,15-17,27H2,(H2,28,32)/b14-6+;5-4-. The van der Waals surface area contributed by atoms with Crippen LogP contribution in [0.3, 0.4) is 0 Å². The predicted octanol–water partition coefficient (Wildman–Crippen LogP) is 7.83. The molecule has 0 aliphatic carbocycles. The summed E-state index contributed by atoms with van der Waals surface area (Å²) in [7, 11) is 0. The Morgan fingerprint density at radius 1 is 0.667 bits per heavy atom. The molecule has 2 atom stereocenters. The number of ether oxygens (including phenoxy) is 2. The maximum absolute atomic E-state index is 12.3. The molecule has 2 aliphatic rings. The quantitative estimate of drug-likeness (QED) is 0.0609. The summed E-state index contributed by atoms with van der Waals surface area (Å²) in [5.41, 5.74) is 27.0. The van der Waals surface area contributed by atoms with E-state index in [-0.39, 0.29) is 34.8 Å². The highest BCUT2D eigenvalue weighted by Crippen LogP contribution is 2.35. The minimum atomic E-state index is -0.608. The number of hydrogen-bond donors (Lipinski definition) is 4. The van der Waals surface area contributed by atoms with Crippen molar-refractivity contribution in [2.45, 2.75) is 37.8 Å². The fraction of sp³-hybridized carbons (Fsp3) is 0.240. The normalized spacial score (nSPS) is 16.5. The first-order chi connectivity index (χ1) is 32.1. The van der Waals surface area contributed by atoms with Gasteiger partial charge in [-0.05, 0) is 112 Å². The molecule has 8 N–H and O–H groups in total. The molecule has 2 unspecified atom stereocenters. The number of aromatic nitrogens is 4. The number of carbonyl (C=O) groups is 2. The number of nitriles is 1. The molecule has 0 spiro atoms. The van der Waals surface area contributed by atoms with Crippen LogP contribution >= 0.6 is 0 Å². The summed E-state index contributed by atoms with van der Waals surface area (Å²) < 4.78 is 15.2. The molecule has 16 heteroatoms. The van der Waals surface area contributed by atoms with Crippen LogP contribution in [0.4, 0.5) is 11.6 Å². The van der Waals surface area contributed by atoms with Gasteiger partial charge in [-0.3, -0.25) is 19.4 Å². The monoisotopic (exact) mass is 884 g/mol. The third-order valence-corrected chi connectivity index (χ3v) is 11.4. The number of hydrogen-bond acceptors (Lipinski definition) is 11. The molecule has 4 heterocycles. The second-order valence-corrected chi connectivity index (χ2v) is 15.9. The van der Waals surface area contributed by atoms with Crippen molar-refractivity contribution < 1.29 is 19.1 Å². The third kappa shape index (κ3) is 11.3. The van der Waals surface area contributed by atoms with Crippen LogP contribution in [0, 0.1) is 17.9 Å². The summed E-state index contributed by atoms with van der Waals surface area (Å²) in [5, 5.41) is 18.2. The van der Waals surface area contributed by atoms with Gasteiger partial charge in [0.1, 0.15) is 57.1 Å². The molecule has 0 radical (unpaired) electrons. The van der Waals surface area contributed by atoms with Crippen molar-refractivity contribution in [3.8, 4) is 51.6 Å². The number of amides is 2. The maximum Gasteiger partial charge on any atom is 0.254 e. The van der Waals surface area contributed by atoms with Gasteiger partial charge in [-0.25, -0.2) is 14.2 Å². The minimum absolute atomic E-state index is 0.0155. The maximum atomic E-state index is 12.3. The highest BCUT2D eigenvalue weighted by Gasteiger charge is 2.30. The van der Waals surface area contributed by atoms with Crippen molar-refractivity contribution in [2.75, 3.05) is 50.7 Å². The molecule has 4 aromatic carbocycles. The van der Waals surface area contributed by atoms with Crippen LogP contribution in [-0.2, 0) is 0 Å². The summed E-state index contributed by atoms with van der Waals surface area (Å²) >= 11 is 0. The van der Waals surface area contributed by atoms with Crippen LogP contribution in [0.15, 0.2) is 134 Å². The zero-order chi connectivity index (χ0) is 46.4. The first-order valence-corrected chi connectivity index (χ1v) is 21.7. The molecule has 0 bridgehead atoms. The number of para-hydroxylation sites is 2. The highest BCUT2D eigenvalue weighted by molar-refractivity contribution is 6.04. The van der Waals surface area contributed by atoms with Gasteiger partial charge in [0.15, 0.2) is 6.20 Å². The Bertz CT molecular complexity index is 2550. The molecule has 16 nitrogen and oxygen atoms in total. The number of nitrogen functional groups attached to an aromatic ring is 2. The van der Waals surface area contributed by atoms with E-state index in [1.54, 1.807) is 9.36 Å². The van der Waals surface area contributed by atoms with Crippen molar-refractivity contribution >= 4 is 23.5 Å². The number of allylic oxidation sites excluding steroid dienone is 1. The Morgan fingerprint density at radius 3 is 1.47 bits per heavy atom. The van der Waals surface area contributed by atoms with E-state index < -0.39 is 11.8 Å². The number of benzene rings is 4. The van der Waals surface area contributed by atoms with Gasteiger partial charge in [-0.1, -0.05) is 48.6 Å². The van der Waals surface area contributed by atoms with E-state index in [0.717, 1.165) is 74.5 Å². The van der Waals surface area contributed by atoms with E-state index >= 15 is 0 Å². The zero-order valence-electron chi connectivity index (χ0n) is 36.4. The lowest BCUT2D eigenvalue weighted by Gasteiger charge is -2.32. The van der Waals surface area contributed by atoms with Crippen LogP contribution in [-0.4, -0.2) is 80.4 Å². The summed E-state index contributed by atoms with van der Waals surface area (Å²) in [5.74, 6) is 2.17. The highest BCUT2D eigenvalue weighted by atomic mass is 16.5. The largest absolute Gasteiger partial charge is 0.457 e. The SMILES string of the molecule is N#C/C=C\CN1CCCC(n2nc(-c3ccc(Oc4ccccc4)cc3)c(C(N)=O)c2N)C1.[C-]#[N+]/C=C/CN1CCCC(n2nc(-c3ccc(Oc4ccccc4)cc3)c(C(N)=O)c2N)C1. The van der Waals surface area contributed by atoms with E-state index in [0.29, 0.717) is 36.0 Å². The second-order valence-electron chi connectivity index (χ2n) is 15.9. The Kier molecular flexibility index (Phi) is 15.2. The van der Waals surface area contributed by atoms with Gasteiger partial charge < -0.3 is 32.4 Å². The van der Waals surface area contributed by atoms with Crippen LogP contribution in [0.5, 0.6) is 23.0 Å². The van der Waals surface area contributed by atoms with Crippen LogP contribution in [0.2, 0.25) is 0 Å². The Morgan fingerprint density at radius 2 is 1.08 bits per heavy atom. The number of rotatable bonds is 14. The van der Waals surface area contributed by atoms with Gasteiger partial charge in [0.2, 0.25) is 0 Å². The number of likely N-dealkylation sites (tertiary alicyclic amines) is 2. The molecule has 2 fully saturated rings. The van der Waals surface area contributed by atoms with Gasteiger partial charge in [0.05, 0.1) is 24.7 Å². The number of anilines is 2. The Balaban J connectivity index is 0.000000196. The van der Waals surface area contributed by atoms with Crippen LogP contribution < -0.4 is 32.4 Å².